The molecule has 0 aromatic carbocycles. The molecule has 0 radical (unpaired) electrons. The number of nitrogens with one attached hydrogen (secondary N) is 4. The minimum Gasteiger partial charge on any atom is -0.388 e. The van der Waals surface area contributed by atoms with Gasteiger partial charge < -0.3 is 14.6 Å². The van der Waals surface area contributed by atoms with Crippen molar-refractivity contribution in [2.75, 3.05) is 10.6 Å². The second-order valence-electron chi connectivity index (χ2n) is 12.1. The molecule has 48 heavy (non-hydrogen) atoms. The summed E-state index contributed by atoms with van der Waals surface area (Å²) in [4.78, 5) is 73.2. The first kappa shape index (κ1) is 34.4. The first-order chi connectivity index (χ1) is 22.8. The fourth-order valence-corrected chi connectivity index (χ4v) is 4.93. The van der Waals surface area contributed by atoms with Crippen LogP contribution in [0.1, 0.15) is 79.7 Å². The maximum Gasteiger partial charge on any atom is 0.282 e. The first-order valence-corrected chi connectivity index (χ1v) is 15.6. The largest absolute Gasteiger partial charge is 0.388 e. The number of anilines is 2. The lowest BCUT2D eigenvalue weighted by Crippen LogP contribution is -2.24. The third-order valence-corrected chi connectivity index (χ3v) is 7.77. The van der Waals surface area contributed by atoms with Gasteiger partial charge in [-0.25, -0.2) is 0 Å². The topological polar surface area (TPSA) is 267 Å². The number of Topliss-reactive ketones (excluding diaryl/α,β-unsaturated/α-hetero) is 1. The lowest BCUT2D eigenvalue weighted by Gasteiger charge is -2.15. The van der Waals surface area contributed by atoms with Gasteiger partial charge in [-0.1, -0.05) is 52.0 Å². The third-order valence-electron chi connectivity index (χ3n) is 7.77. The second-order valence-corrected chi connectivity index (χ2v) is 12.1. The van der Waals surface area contributed by atoms with Crippen LogP contribution in [0.5, 0.6) is 0 Å². The Balaban J connectivity index is 0.000000188. The van der Waals surface area contributed by atoms with E-state index in [0.29, 0.717) is 12.8 Å². The van der Waals surface area contributed by atoms with Crippen LogP contribution in [0.25, 0.3) is 22.3 Å². The van der Waals surface area contributed by atoms with Crippen molar-refractivity contribution >= 4 is 51.8 Å². The van der Waals surface area contributed by atoms with E-state index >= 15 is 0 Å². The molecule has 0 aliphatic carbocycles. The van der Waals surface area contributed by atoms with Crippen LogP contribution >= 0.6 is 0 Å². The van der Waals surface area contributed by atoms with Gasteiger partial charge in [-0.2, -0.15) is 19.3 Å². The number of hydrogen-bond acceptors (Lipinski definition) is 14. The highest BCUT2D eigenvalue weighted by Gasteiger charge is 2.37. The van der Waals surface area contributed by atoms with Crippen molar-refractivity contribution in [1.29, 1.82) is 0 Å². The molecule has 6 rings (SSSR count). The molecule has 6 heterocycles. The summed E-state index contributed by atoms with van der Waals surface area (Å²) in [6.07, 6.45) is -0.566. The smallest absolute Gasteiger partial charge is 0.282 e. The average molecular weight is 671 g/mol. The minimum absolute atomic E-state index is 0.00859. The number of rotatable bonds is 8. The molecule has 5 N–H and O–H groups in total. The first-order valence-electron chi connectivity index (χ1n) is 15.6. The Hall–Kier alpha value is -4.95. The van der Waals surface area contributed by atoms with Crippen LogP contribution in [0.15, 0.2) is 9.59 Å². The molecular formula is C28H38N12O8. The number of fused-ring (bicyclic) bond motifs is 2. The van der Waals surface area contributed by atoms with Crippen molar-refractivity contribution in [3.63, 3.8) is 0 Å². The molecule has 258 valence electrons. The third kappa shape index (κ3) is 6.99. The maximum atomic E-state index is 12.1. The van der Waals surface area contributed by atoms with Crippen LogP contribution in [0.4, 0.5) is 11.9 Å². The molecule has 0 saturated carbocycles. The van der Waals surface area contributed by atoms with E-state index in [4.69, 9.17) is 9.47 Å². The number of H-pyrrole nitrogens is 2. The molecule has 2 saturated heterocycles. The van der Waals surface area contributed by atoms with Crippen molar-refractivity contribution in [2.24, 2.45) is 11.8 Å². The van der Waals surface area contributed by atoms with Gasteiger partial charge in [-0.3, -0.25) is 44.6 Å². The number of amides is 2. The molecule has 2 aliphatic heterocycles. The number of nitrogens with zero attached hydrogens (tertiary/aromatic N) is 8. The Bertz CT molecular complexity index is 1950. The highest BCUT2D eigenvalue weighted by atomic mass is 16.5. The SMILES string of the molecule is CC[C@@H]1CC(=O)[C@H](n2nnc3c(=O)[nH]c(NC(=O)C(C)C)nc32)O1.CC[C@@H]1C[C@@H](O)[C@H](n2nnc3c(=O)[nH]c(NC(=O)C(C)C)nc32)O1. The van der Waals surface area contributed by atoms with Crippen LogP contribution in [0.3, 0.4) is 0 Å². The molecule has 2 amide bonds. The van der Waals surface area contributed by atoms with Crippen molar-refractivity contribution < 1.29 is 29.0 Å². The predicted octanol–water partition coefficient (Wildman–Crippen LogP) is 0.543. The number of aromatic nitrogens is 10. The summed E-state index contributed by atoms with van der Waals surface area (Å²) < 4.78 is 13.9. The number of aliphatic hydroxyl groups excluding tert-OH is 1. The Kier molecular flexibility index (Phi) is 10.1. The molecule has 2 aliphatic rings. The number of carbonyl (C=O) groups is 3. The van der Waals surface area contributed by atoms with Crippen molar-refractivity contribution in [3.05, 3.63) is 20.7 Å². The summed E-state index contributed by atoms with van der Waals surface area (Å²) in [5.41, 5.74) is -0.832. The summed E-state index contributed by atoms with van der Waals surface area (Å²) in [6.45, 7) is 10.8. The number of aromatic amines is 2. The van der Waals surface area contributed by atoms with Gasteiger partial charge >= 0.3 is 0 Å². The molecule has 0 spiro atoms. The Morgan fingerprint density at radius 1 is 0.833 bits per heavy atom. The molecule has 20 heteroatoms. The van der Waals surface area contributed by atoms with Crippen LogP contribution in [0, 0.1) is 11.8 Å². The number of ketones is 1. The standard InChI is InChI=1S/C14H20N6O4.C14H18N6O4/c2*1-4-7-5-8(21)13(24-7)20-10-9(18-19-20)12(23)17-14(15-10)16-11(22)6(2)3/h6-8,13,21H,4-5H2,1-3H3,(H2,15,16,17,22,23);6-7,13H,4-5H2,1-3H3,(H2,15,16,17,22,23)/t7-,8-,13-;7-,13-/m11/s1. The molecule has 4 aromatic heterocycles. The number of aliphatic hydroxyl groups is 1. The van der Waals surface area contributed by atoms with E-state index in [2.05, 4.69) is 51.2 Å². The molecular weight excluding hydrogens is 632 g/mol. The van der Waals surface area contributed by atoms with E-state index in [0.717, 1.165) is 6.42 Å². The monoisotopic (exact) mass is 670 g/mol. The molecule has 0 bridgehead atoms. The Labute approximate surface area is 272 Å². The Morgan fingerprint density at radius 3 is 1.79 bits per heavy atom. The quantitative estimate of drug-likeness (QED) is 0.171. The van der Waals surface area contributed by atoms with Crippen molar-refractivity contribution in [1.82, 2.24) is 49.9 Å². The van der Waals surface area contributed by atoms with Crippen LogP contribution in [-0.4, -0.2) is 90.9 Å². The van der Waals surface area contributed by atoms with E-state index in [1.54, 1.807) is 27.7 Å². The molecule has 4 aromatic rings. The van der Waals surface area contributed by atoms with Crippen molar-refractivity contribution in [2.45, 2.75) is 98.0 Å². The van der Waals surface area contributed by atoms with E-state index in [9.17, 15) is 29.1 Å². The van der Waals surface area contributed by atoms with Gasteiger partial charge in [-0.05, 0) is 12.8 Å². The van der Waals surface area contributed by atoms with Crippen LogP contribution < -0.4 is 21.8 Å². The molecule has 2 fully saturated rings. The van der Waals surface area contributed by atoms with Crippen LogP contribution in [-0.2, 0) is 23.9 Å². The van der Waals surface area contributed by atoms with Crippen molar-refractivity contribution in [3.8, 4) is 0 Å². The zero-order chi connectivity index (χ0) is 34.9. The van der Waals surface area contributed by atoms with E-state index in [1.807, 2.05) is 13.8 Å². The van der Waals surface area contributed by atoms with Gasteiger partial charge in [-0.15, -0.1) is 10.2 Å². The highest BCUT2D eigenvalue weighted by molar-refractivity contribution is 5.91. The highest BCUT2D eigenvalue weighted by Crippen LogP contribution is 2.31. The van der Waals surface area contributed by atoms with Crippen LogP contribution in [0.2, 0.25) is 0 Å². The predicted molar refractivity (Wildman–Crippen MR) is 167 cm³/mol. The fraction of sp³-hybridized carbons (Fsp3) is 0.607. The summed E-state index contributed by atoms with van der Waals surface area (Å²) in [5, 5.41) is 30.5. The summed E-state index contributed by atoms with van der Waals surface area (Å²) >= 11 is 0. The normalized spacial score (nSPS) is 22.4. The minimum atomic E-state index is -0.956. The van der Waals surface area contributed by atoms with Gasteiger partial charge in [0.1, 0.15) is 6.10 Å². The number of hydrogen-bond donors (Lipinski definition) is 5. The van der Waals surface area contributed by atoms with Gasteiger partial charge in [0.25, 0.3) is 11.1 Å². The summed E-state index contributed by atoms with van der Waals surface area (Å²) in [7, 11) is 0. The number of ether oxygens (including phenoxy) is 2. The van der Waals surface area contributed by atoms with Gasteiger partial charge in [0.2, 0.25) is 29.9 Å². The number of carbonyl (C=O) groups excluding carboxylic acids is 3. The van der Waals surface area contributed by atoms with Gasteiger partial charge in [0, 0.05) is 24.7 Å². The lowest BCUT2D eigenvalue weighted by atomic mass is 10.1. The van der Waals surface area contributed by atoms with E-state index in [-0.39, 0.29) is 82.3 Å². The zero-order valence-corrected chi connectivity index (χ0v) is 27.3. The average Bonchev–Trinajstić information content (AvgIpc) is 3.82. The molecule has 0 unspecified atom stereocenters. The Morgan fingerprint density at radius 2 is 1.33 bits per heavy atom. The van der Waals surface area contributed by atoms with E-state index < -0.39 is 29.7 Å². The molecule has 5 atom stereocenters. The molecule has 20 nitrogen and oxygen atoms in total. The van der Waals surface area contributed by atoms with Gasteiger partial charge in [0.15, 0.2) is 34.3 Å². The second kappa shape index (κ2) is 14.0. The fourth-order valence-electron chi connectivity index (χ4n) is 4.93. The zero-order valence-electron chi connectivity index (χ0n) is 27.3. The maximum absolute atomic E-state index is 12.1. The summed E-state index contributed by atoms with van der Waals surface area (Å²) in [6, 6.07) is 0. The summed E-state index contributed by atoms with van der Waals surface area (Å²) in [5.74, 6) is -1.28. The lowest BCUT2D eigenvalue weighted by molar-refractivity contribution is -0.127. The van der Waals surface area contributed by atoms with Gasteiger partial charge in [0.05, 0.1) is 12.2 Å². The van der Waals surface area contributed by atoms with E-state index in [1.165, 1.54) is 9.36 Å².